The minimum absolute atomic E-state index is 0.0987. The molecule has 0 aliphatic heterocycles. The number of hydrogen-bond acceptors (Lipinski definition) is 7. The first-order valence-electron chi connectivity index (χ1n) is 11.6. The number of carbonyl (C=O) groups excluding carboxylic acids is 1. The molecular formula is C26H34N4O4S. The molecule has 35 heavy (non-hydrogen) atoms. The number of benzene rings is 2. The molecule has 2 aromatic carbocycles. The van der Waals surface area contributed by atoms with Crippen molar-refractivity contribution in [1.29, 1.82) is 0 Å². The van der Waals surface area contributed by atoms with Gasteiger partial charge in [-0.2, -0.15) is 0 Å². The Morgan fingerprint density at radius 3 is 2.26 bits per heavy atom. The lowest BCUT2D eigenvalue weighted by molar-refractivity contribution is -0.113. The van der Waals surface area contributed by atoms with Crippen molar-refractivity contribution in [2.24, 2.45) is 0 Å². The molecule has 1 amide bonds. The van der Waals surface area contributed by atoms with Gasteiger partial charge in [0.1, 0.15) is 17.2 Å². The largest absolute Gasteiger partial charge is 0.497 e. The lowest BCUT2D eigenvalue weighted by atomic mass is 10.0. The summed E-state index contributed by atoms with van der Waals surface area (Å²) in [7, 11) is 3.13. The molecule has 188 valence electrons. The number of methoxy groups -OCH3 is 2. The van der Waals surface area contributed by atoms with E-state index < -0.39 is 0 Å². The lowest BCUT2D eigenvalue weighted by Gasteiger charge is -2.19. The van der Waals surface area contributed by atoms with Crippen molar-refractivity contribution in [3.63, 3.8) is 0 Å². The highest BCUT2D eigenvalue weighted by atomic mass is 32.2. The second-order valence-electron chi connectivity index (χ2n) is 8.69. The van der Waals surface area contributed by atoms with E-state index in [2.05, 4.69) is 55.3 Å². The second kappa shape index (κ2) is 12.0. The van der Waals surface area contributed by atoms with Crippen LogP contribution in [0.3, 0.4) is 0 Å². The number of rotatable bonds is 11. The summed E-state index contributed by atoms with van der Waals surface area (Å²) in [5.41, 5.74) is 1.84. The molecule has 1 aromatic heterocycles. The first-order valence-corrected chi connectivity index (χ1v) is 12.6. The summed E-state index contributed by atoms with van der Waals surface area (Å²) in [5.74, 6) is 3.14. The molecule has 1 N–H and O–H groups in total. The minimum Gasteiger partial charge on any atom is -0.497 e. The van der Waals surface area contributed by atoms with Gasteiger partial charge in [0, 0.05) is 12.1 Å². The highest BCUT2D eigenvalue weighted by molar-refractivity contribution is 7.99. The Labute approximate surface area is 211 Å². The fraction of sp³-hybridized carbons (Fsp3) is 0.423. The summed E-state index contributed by atoms with van der Waals surface area (Å²) >= 11 is 1.33. The van der Waals surface area contributed by atoms with E-state index in [1.54, 1.807) is 32.4 Å². The predicted molar refractivity (Wildman–Crippen MR) is 139 cm³/mol. The van der Waals surface area contributed by atoms with Crippen LogP contribution in [0.4, 0.5) is 5.69 Å². The molecule has 0 bridgehead atoms. The monoisotopic (exact) mass is 498 g/mol. The van der Waals surface area contributed by atoms with Gasteiger partial charge in [-0.3, -0.25) is 4.79 Å². The minimum atomic E-state index is -0.304. The van der Waals surface area contributed by atoms with Gasteiger partial charge in [-0.15, -0.1) is 10.2 Å². The third-order valence-electron chi connectivity index (χ3n) is 5.45. The summed E-state index contributed by atoms with van der Waals surface area (Å²) < 4.78 is 18.7. The number of thioether (sulfide) groups is 1. The maximum Gasteiger partial charge on any atom is 0.234 e. The van der Waals surface area contributed by atoms with Crippen LogP contribution in [0.1, 0.15) is 64.1 Å². The van der Waals surface area contributed by atoms with Crippen LogP contribution in [-0.2, 0) is 4.79 Å². The molecule has 8 nitrogen and oxygen atoms in total. The Morgan fingerprint density at radius 2 is 1.66 bits per heavy atom. The van der Waals surface area contributed by atoms with Gasteiger partial charge in [-0.25, -0.2) is 0 Å². The van der Waals surface area contributed by atoms with E-state index in [0.29, 0.717) is 34.1 Å². The average molecular weight is 499 g/mol. The molecule has 0 saturated heterocycles. The van der Waals surface area contributed by atoms with Crippen molar-refractivity contribution in [3.8, 4) is 17.2 Å². The molecule has 3 aromatic rings. The van der Waals surface area contributed by atoms with E-state index in [0.717, 1.165) is 5.75 Å². The summed E-state index contributed by atoms with van der Waals surface area (Å²) in [4.78, 5) is 12.6. The van der Waals surface area contributed by atoms with Crippen LogP contribution in [0.2, 0.25) is 0 Å². The summed E-state index contributed by atoms with van der Waals surface area (Å²) in [6.07, 6.45) is -0.304. The second-order valence-corrected chi connectivity index (χ2v) is 9.63. The number of ether oxygens (including phenoxy) is 3. The van der Waals surface area contributed by atoms with Gasteiger partial charge in [-0.1, -0.05) is 37.7 Å². The van der Waals surface area contributed by atoms with Gasteiger partial charge in [0.05, 0.1) is 25.7 Å². The van der Waals surface area contributed by atoms with Crippen LogP contribution in [0.25, 0.3) is 0 Å². The van der Waals surface area contributed by atoms with E-state index in [1.165, 1.54) is 17.3 Å². The molecule has 0 radical (unpaired) electrons. The number of amides is 1. The van der Waals surface area contributed by atoms with Crippen LogP contribution in [0.15, 0.2) is 47.6 Å². The fourth-order valence-corrected chi connectivity index (χ4v) is 4.43. The topological polar surface area (TPSA) is 87.5 Å². The highest BCUT2D eigenvalue weighted by Crippen LogP contribution is 2.31. The number of hydrogen-bond donors (Lipinski definition) is 1. The quantitative estimate of drug-likeness (QED) is 0.331. The van der Waals surface area contributed by atoms with Crippen molar-refractivity contribution in [2.75, 3.05) is 25.3 Å². The molecular weight excluding hydrogens is 464 g/mol. The van der Waals surface area contributed by atoms with Crippen molar-refractivity contribution in [2.45, 2.75) is 57.8 Å². The van der Waals surface area contributed by atoms with E-state index >= 15 is 0 Å². The Balaban J connectivity index is 1.67. The first kappa shape index (κ1) is 26.4. The van der Waals surface area contributed by atoms with Crippen LogP contribution < -0.4 is 19.5 Å². The molecule has 1 heterocycles. The Kier molecular flexibility index (Phi) is 9.03. The number of anilines is 1. The zero-order chi connectivity index (χ0) is 25.5. The van der Waals surface area contributed by atoms with Gasteiger partial charge in [-0.05, 0) is 56.5 Å². The summed E-state index contributed by atoms with van der Waals surface area (Å²) in [5, 5.41) is 12.3. The number of nitrogens with zero attached hydrogens (tertiary/aromatic N) is 3. The zero-order valence-electron chi connectivity index (χ0n) is 21.4. The average Bonchev–Trinajstić information content (AvgIpc) is 3.28. The van der Waals surface area contributed by atoms with Crippen molar-refractivity contribution < 1.29 is 19.0 Å². The maximum absolute atomic E-state index is 12.6. The van der Waals surface area contributed by atoms with E-state index in [4.69, 9.17) is 14.2 Å². The van der Waals surface area contributed by atoms with E-state index in [-0.39, 0.29) is 23.8 Å². The van der Waals surface area contributed by atoms with Crippen molar-refractivity contribution >= 4 is 23.4 Å². The fourth-order valence-electron chi connectivity index (χ4n) is 3.56. The number of aromatic nitrogens is 3. The standard InChI is InChI=1S/C26H34N4O4S/c1-16(2)19-8-10-20(11-9-19)34-18(5)25-28-29-26(30(25)17(3)4)35-15-24(31)27-22-13-12-21(32-6)14-23(22)33-7/h8-14,16-18H,15H2,1-7H3,(H,27,31). The van der Waals surface area contributed by atoms with Crippen LogP contribution in [-0.4, -0.2) is 40.6 Å². The van der Waals surface area contributed by atoms with Crippen molar-refractivity contribution in [1.82, 2.24) is 14.8 Å². The summed E-state index contributed by atoms with van der Waals surface area (Å²) in [6.45, 7) is 10.4. The smallest absolute Gasteiger partial charge is 0.234 e. The molecule has 0 aliphatic carbocycles. The van der Waals surface area contributed by atoms with Gasteiger partial charge in [0.2, 0.25) is 5.91 Å². The Morgan fingerprint density at radius 1 is 0.971 bits per heavy atom. The lowest BCUT2D eigenvalue weighted by Crippen LogP contribution is -2.17. The van der Waals surface area contributed by atoms with Crippen LogP contribution in [0, 0.1) is 0 Å². The van der Waals surface area contributed by atoms with Gasteiger partial charge >= 0.3 is 0 Å². The molecule has 9 heteroatoms. The summed E-state index contributed by atoms with van der Waals surface area (Å²) in [6, 6.07) is 13.5. The molecule has 1 atom stereocenters. The maximum atomic E-state index is 12.6. The Bertz CT molecular complexity index is 1130. The van der Waals surface area contributed by atoms with Gasteiger partial charge < -0.3 is 24.1 Å². The normalized spacial score (nSPS) is 12.0. The van der Waals surface area contributed by atoms with E-state index in [1.807, 2.05) is 23.6 Å². The van der Waals surface area contributed by atoms with Crippen molar-refractivity contribution in [3.05, 3.63) is 53.9 Å². The van der Waals surface area contributed by atoms with E-state index in [9.17, 15) is 4.79 Å². The molecule has 0 aliphatic rings. The Hall–Kier alpha value is -3.20. The highest BCUT2D eigenvalue weighted by Gasteiger charge is 2.22. The SMILES string of the molecule is COc1ccc(NC(=O)CSc2nnc(C(C)Oc3ccc(C(C)C)cc3)n2C(C)C)c(OC)c1. The number of nitrogens with one attached hydrogen (secondary N) is 1. The molecule has 0 spiro atoms. The molecule has 0 saturated carbocycles. The van der Waals surface area contributed by atoms with Gasteiger partial charge in [0.25, 0.3) is 0 Å². The van der Waals surface area contributed by atoms with Crippen LogP contribution >= 0.6 is 11.8 Å². The van der Waals surface area contributed by atoms with Gasteiger partial charge in [0.15, 0.2) is 17.1 Å². The third-order valence-corrected chi connectivity index (χ3v) is 6.39. The first-order chi connectivity index (χ1) is 16.7. The predicted octanol–water partition coefficient (Wildman–Crippen LogP) is 5.87. The third kappa shape index (κ3) is 6.69. The zero-order valence-corrected chi connectivity index (χ0v) is 22.2. The molecule has 3 rings (SSSR count). The molecule has 1 unspecified atom stereocenters. The number of carbonyl (C=O) groups is 1. The molecule has 0 fully saturated rings. The van der Waals surface area contributed by atoms with Crippen LogP contribution in [0.5, 0.6) is 17.2 Å².